The fourth-order valence-electron chi connectivity index (χ4n) is 2.32. The quantitative estimate of drug-likeness (QED) is 0.808. The molecule has 1 heterocycles. The molecule has 0 saturated carbocycles. The summed E-state index contributed by atoms with van der Waals surface area (Å²) >= 11 is 0. The minimum Gasteiger partial charge on any atom is -0.307 e. The van der Waals surface area contributed by atoms with Crippen molar-refractivity contribution in [3.63, 3.8) is 0 Å². The average molecular weight is 323 g/mol. The Morgan fingerprint density at radius 2 is 1.65 bits per heavy atom. The molecule has 0 saturated heterocycles. The van der Waals surface area contributed by atoms with Crippen LogP contribution in [0.25, 0.3) is 0 Å². The average Bonchev–Trinajstić information content (AvgIpc) is 2.43. The van der Waals surface area contributed by atoms with Crippen LogP contribution in [0.3, 0.4) is 0 Å². The van der Waals surface area contributed by atoms with Crippen molar-refractivity contribution in [2.45, 2.75) is 33.5 Å². The Bertz CT molecular complexity index is 820. The van der Waals surface area contributed by atoms with E-state index in [9.17, 15) is 22.8 Å². The number of aromatic nitrogens is 1. The third kappa shape index (κ3) is 3.70. The van der Waals surface area contributed by atoms with Crippen LogP contribution >= 0.6 is 0 Å². The summed E-state index contributed by atoms with van der Waals surface area (Å²) in [6.45, 7) is 5.09. The van der Waals surface area contributed by atoms with E-state index >= 15 is 0 Å². The third-order valence-corrected chi connectivity index (χ3v) is 3.77. The lowest BCUT2D eigenvalue weighted by atomic mass is 9.98. The van der Waals surface area contributed by atoms with Crippen molar-refractivity contribution in [2.75, 3.05) is 0 Å². The van der Waals surface area contributed by atoms with E-state index in [0.717, 1.165) is 27.3 Å². The Morgan fingerprint density at radius 1 is 1.04 bits per heavy atom. The van der Waals surface area contributed by atoms with Gasteiger partial charge in [-0.25, -0.2) is 0 Å². The van der Waals surface area contributed by atoms with Gasteiger partial charge in [0.25, 0.3) is 5.56 Å². The fourth-order valence-corrected chi connectivity index (χ4v) is 2.32. The summed E-state index contributed by atoms with van der Waals surface area (Å²) in [6.07, 6.45) is -3.88. The van der Waals surface area contributed by atoms with E-state index in [2.05, 4.69) is 0 Å². The number of hydrogen-bond acceptors (Lipinski definition) is 2. The second kappa shape index (κ2) is 6.02. The van der Waals surface area contributed by atoms with Gasteiger partial charge >= 0.3 is 6.18 Å². The van der Waals surface area contributed by atoms with Gasteiger partial charge < -0.3 is 4.57 Å². The molecule has 1 aromatic carbocycles. The standard InChI is InChI=1S/C17H16F3NO2/c1-10-6-12(3)14(7-11(10)2)15(22)9-21-8-13(17(18,19)20)4-5-16(21)23/h4-8H,9H2,1-3H3. The molecule has 0 bridgehead atoms. The Balaban J connectivity index is 2.38. The monoisotopic (exact) mass is 323 g/mol. The molecular weight excluding hydrogens is 307 g/mol. The normalized spacial score (nSPS) is 11.6. The first-order chi connectivity index (χ1) is 10.6. The van der Waals surface area contributed by atoms with Crippen LogP contribution in [0.4, 0.5) is 13.2 Å². The number of aryl methyl sites for hydroxylation is 3. The van der Waals surface area contributed by atoms with Crippen molar-refractivity contribution >= 4 is 5.78 Å². The van der Waals surface area contributed by atoms with Crippen LogP contribution in [0, 0.1) is 20.8 Å². The topological polar surface area (TPSA) is 39.1 Å². The number of carbonyl (C=O) groups is 1. The summed E-state index contributed by atoms with van der Waals surface area (Å²) in [5, 5.41) is 0. The van der Waals surface area contributed by atoms with E-state index in [0.29, 0.717) is 17.8 Å². The third-order valence-electron chi connectivity index (χ3n) is 3.77. The van der Waals surface area contributed by atoms with Gasteiger partial charge in [0.05, 0.1) is 12.1 Å². The molecule has 0 atom stereocenters. The Morgan fingerprint density at radius 3 is 2.26 bits per heavy atom. The van der Waals surface area contributed by atoms with Gasteiger partial charge in [-0.2, -0.15) is 13.2 Å². The maximum atomic E-state index is 12.7. The van der Waals surface area contributed by atoms with Crippen LogP contribution in [0.1, 0.15) is 32.6 Å². The number of Topliss-reactive ketones (excluding diaryl/α,β-unsaturated/α-hetero) is 1. The van der Waals surface area contributed by atoms with Gasteiger partial charge in [-0.05, 0) is 49.6 Å². The molecule has 0 amide bonds. The van der Waals surface area contributed by atoms with E-state index in [1.807, 2.05) is 19.9 Å². The SMILES string of the molecule is Cc1cc(C)c(C(=O)Cn2cc(C(F)(F)F)ccc2=O)cc1C. The number of carbonyl (C=O) groups excluding carboxylic acids is 1. The molecule has 0 aliphatic heterocycles. The number of nitrogens with zero attached hydrogens (tertiary/aromatic N) is 1. The molecule has 0 N–H and O–H groups in total. The highest BCUT2D eigenvalue weighted by atomic mass is 19.4. The molecule has 2 aromatic rings. The lowest BCUT2D eigenvalue weighted by Crippen LogP contribution is -2.25. The zero-order chi connectivity index (χ0) is 17.4. The van der Waals surface area contributed by atoms with Crippen molar-refractivity contribution < 1.29 is 18.0 Å². The number of halogens is 3. The van der Waals surface area contributed by atoms with E-state index in [-0.39, 0.29) is 0 Å². The highest BCUT2D eigenvalue weighted by Crippen LogP contribution is 2.28. The van der Waals surface area contributed by atoms with Gasteiger partial charge in [-0.1, -0.05) is 6.07 Å². The van der Waals surface area contributed by atoms with Crippen LogP contribution in [-0.2, 0) is 12.7 Å². The molecule has 1 aromatic heterocycles. The largest absolute Gasteiger partial charge is 0.417 e. The molecule has 3 nitrogen and oxygen atoms in total. The van der Waals surface area contributed by atoms with E-state index in [4.69, 9.17) is 0 Å². The number of benzene rings is 1. The summed E-state index contributed by atoms with van der Waals surface area (Å²) in [5.41, 5.74) is 1.48. The molecule has 122 valence electrons. The molecule has 0 radical (unpaired) electrons. The fraction of sp³-hybridized carbons (Fsp3) is 0.294. The summed E-state index contributed by atoms with van der Waals surface area (Å²) < 4.78 is 39.0. The van der Waals surface area contributed by atoms with Gasteiger partial charge in [0, 0.05) is 17.8 Å². The van der Waals surface area contributed by atoms with Crippen molar-refractivity contribution in [3.05, 3.63) is 68.6 Å². The number of pyridine rings is 1. The zero-order valence-electron chi connectivity index (χ0n) is 13.0. The van der Waals surface area contributed by atoms with Crippen molar-refractivity contribution in [2.24, 2.45) is 0 Å². The lowest BCUT2D eigenvalue weighted by Gasteiger charge is -2.12. The molecule has 2 rings (SSSR count). The predicted octanol–water partition coefficient (Wildman–Crippen LogP) is 3.68. The van der Waals surface area contributed by atoms with Crippen LogP contribution in [-0.4, -0.2) is 10.4 Å². The first-order valence-electron chi connectivity index (χ1n) is 6.98. The number of rotatable bonds is 3. The van der Waals surface area contributed by atoms with Crippen LogP contribution < -0.4 is 5.56 Å². The molecular formula is C17H16F3NO2. The minimum atomic E-state index is -4.56. The Kier molecular flexibility index (Phi) is 4.45. The predicted molar refractivity (Wildman–Crippen MR) is 80.7 cm³/mol. The molecule has 0 unspecified atom stereocenters. The van der Waals surface area contributed by atoms with Gasteiger partial charge in [0.1, 0.15) is 0 Å². The summed E-state index contributed by atoms with van der Waals surface area (Å²) in [4.78, 5) is 24.1. The maximum absolute atomic E-state index is 12.7. The molecule has 0 fully saturated rings. The number of ketones is 1. The molecule has 6 heteroatoms. The van der Waals surface area contributed by atoms with E-state index in [1.165, 1.54) is 0 Å². The Labute approximate surface area is 131 Å². The second-order valence-corrected chi connectivity index (χ2v) is 5.56. The summed E-state index contributed by atoms with van der Waals surface area (Å²) in [6, 6.07) is 5.08. The van der Waals surface area contributed by atoms with Gasteiger partial charge in [0.15, 0.2) is 5.78 Å². The second-order valence-electron chi connectivity index (χ2n) is 5.56. The molecule has 0 aliphatic rings. The minimum absolute atomic E-state index is 0.396. The zero-order valence-corrected chi connectivity index (χ0v) is 13.0. The van der Waals surface area contributed by atoms with Crippen LogP contribution in [0.15, 0.2) is 35.3 Å². The van der Waals surface area contributed by atoms with Gasteiger partial charge in [0.2, 0.25) is 0 Å². The van der Waals surface area contributed by atoms with Crippen molar-refractivity contribution in [3.8, 4) is 0 Å². The lowest BCUT2D eigenvalue weighted by molar-refractivity contribution is -0.138. The highest BCUT2D eigenvalue weighted by Gasteiger charge is 2.31. The smallest absolute Gasteiger partial charge is 0.307 e. The van der Waals surface area contributed by atoms with Gasteiger partial charge in [-0.3, -0.25) is 9.59 Å². The number of hydrogen-bond donors (Lipinski definition) is 0. The molecule has 0 aliphatic carbocycles. The van der Waals surface area contributed by atoms with Crippen LogP contribution in [0.5, 0.6) is 0 Å². The summed E-state index contributed by atoms with van der Waals surface area (Å²) in [5.74, 6) is -0.396. The van der Waals surface area contributed by atoms with E-state index in [1.54, 1.807) is 13.0 Å². The van der Waals surface area contributed by atoms with Crippen LogP contribution in [0.2, 0.25) is 0 Å². The molecule has 0 spiro atoms. The maximum Gasteiger partial charge on any atom is 0.417 e. The highest BCUT2D eigenvalue weighted by molar-refractivity contribution is 5.97. The van der Waals surface area contributed by atoms with Gasteiger partial charge in [-0.15, -0.1) is 0 Å². The first-order valence-corrected chi connectivity index (χ1v) is 6.98. The first kappa shape index (κ1) is 17.0. The van der Waals surface area contributed by atoms with Crippen molar-refractivity contribution in [1.29, 1.82) is 0 Å². The summed E-state index contributed by atoms with van der Waals surface area (Å²) in [7, 11) is 0. The molecule has 23 heavy (non-hydrogen) atoms. The van der Waals surface area contributed by atoms with Crippen molar-refractivity contribution in [1.82, 2.24) is 4.57 Å². The van der Waals surface area contributed by atoms with E-state index < -0.39 is 29.6 Å². The number of alkyl halides is 3. The Hall–Kier alpha value is -2.37.